The first-order valence-corrected chi connectivity index (χ1v) is 3.45. The van der Waals surface area contributed by atoms with Gasteiger partial charge in [-0.15, -0.1) is 0 Å². The van der Waals surface area contributed by atoms with E-state index in [-0.39, 0.29) is 5.56 Å². The number of hydrogen-bond donors (Lipinski definition) is 1. The van der Waals surface area contributed by atoms with Crippen molar-refractivity contribution in [2.24, 2.45) is 0 Å². The third-order valence-corrected chi connectivity index (χ3v) is 1.30. The molecule has 0 fully saturated rings. The van der Waals surface area contributed by atoms with Gasteiger partial charge in [-0.2, -0.15) is 0 Å². The molecule has 0 heterocycles. The van der Waals surface area contributed by atoms with E-state index in [0.29, 0.717) is 0 Å². The summed E-state index contributed by atoms with van der Waals surface area (Å²) >= 11 is 0. The summed E-state index contributed by atoms with van der Waals surface area (Å²) < 4.78 is 25.1. The average molecular weight is 184 g/mol. The smallest absolute Gasteiger partial charge is 0.328 e. The van der Waals surface area contributed by atoms with Crippen molar-refractivity contribution in [2.75, 3.05) is 0 Å². The largest absolute Gasteiger partial charge is 0.478 e. The van der Waals surface area contributed by atoms with Crippen molar-refractivity contribution in [2.45, 2.75) is 0 Å². The van der Waals surface area contributed by atoms with E-state index < -0.39 is 17.6 Å². The second kappa shape index (κ2) is 3.80. The molecule has 1 aromatic carbocycles. The average Bonchev–Trinajstić information content (AvgIpc) is 1.99. The quantitative estimate of drug-likeness (QED) is 0.714. The van der Waals surface area contributed by atoms with Crippen LogP contribution in [0.15, 0.2) is 24.3 Å². The molecule has 13 heavy (non-hydrogen) atoms. The molecule has 1 rings (SSSR count). The van der Waals surface area contributed by atoms with Gasteiger partial charge in [0.15, 0.2) is 0 Å². The third-order valence-electron chi connectivity index (χ3n) is 1.30. The molecule has 0 bridgehead atoms. The van der Waals surface area contributed by atoms with Gasteiger partial charge in [-0.1, -0.05) is 0 Å². The number of carboxylic acid groups (broad SMARTS) is 1. The number of halogens is 2. The van der Waals surface area contributed by atoms with Gasteiger partial charge in [-0.25, -0.2) is 13.6 Å². The second-order valence-corrected chi connectivity index (χ2v) is 2.37. The molecule has 0 amide bonds. The lowest BCUT2D eigenvalue weighted by Gasteiger charge is -1.93. The van der Waals surface area contributed by atoms with E-state index >= 15 is 0 Å². The van der Waals surface area contributed by atoms with Gasteiger partial charge in [0.2, 0.25) is 0 Å². The van der Waals surface area contributed by atoms with E-state index in [9.17, 15) is 13.6 Å². The van der Waals surface area contributed by atoms with Crippen molar-refractivity contribution in [1.82, 2.24) is 0 Å². The van der Waals surface area contributed by atoms with Gasteiger partial charge >= 0.3 is 5.97 Å². The highest BCUT2D eigenvalue weighted by molar-refractivity contribution is 5.85. The summed E-state index contributed by atoms with van der Waals surface area (Å²) in [5, 5.41) is 8.24. The fourth-order valence-corrected chi connectivity index (χ4v) is 0.839. The Kier molecular flexibility index (Phi) is 2.74. The van der Waals surface area contributed by atoms with Crippen LogP contribution >= 0.6 is 0 Å². The molecule has 4 heteroatoms. The van der Waals surface area contributed by atoms with Crippen LogP contribution in [0.4, 0.5) is 8.78 Å². The standard InChI is InChI=1S/C9H6F2O2/c10-7-3-6(1-2-9(12)13)4-8(11)5-7/h1-5H,(H,12,13)/b2-1-. The minimum atomic E-state index is -1.16. The molecule has 0 aliphatic rings. The van der Waals surface area contributed by atoms with E-state index in [1.54, 1.807) is 0 Å². The van der Waals surface area contributed by atoms with Crippen LogP contribution in [-0.4, -0.2) is 11.1 Å². The van der Waals surface area contributed by atoms with Crippen LogP contribution in [0.2, 0.25) is 0 Å². The van der Waals surface area contributed by atoms with Gasteiger partial charge in [-0.05, 0) is 23.8 Å². The van der Waals surface area contributed by atoms with Crippen molar-refractivity contribution in [3.8, 4) is 0 Å². The fraction of sp³-hybridized carbons (Fsp3) is 0. The third kappa shape index (κ3) is 3.02. The van der Waals surface area contributed by atoms with Crippen LogP contribution in [0, 0.1) is 11.6 Å². The first kappa shape index (κ1) is 9.38. The normalized spacial score (nSPS) is 10.6. The predicted octanol–water partition coefficient (Wildman–Crippen LogP) is 2.06. The fourth-order valence-electron chi connectivity index (χ4n) is 0.839. The van der Waals surface area contributed by atoms with Crippen LogP contribution < -0.4 is 0 Å². The number of hydrogen-bond acceptors (Lipinski definition) is 1. The van der Waals surface area contributed by atoms with Gasteiger partial charge < -0.3 is 5.11 Å². The lowest BCUT2D eigenvalue weighted by atomic mass is 10.2. The van der Waals surface area contributed by atoms with Crippen LogP contribution in [-0.2, 0) is 4.79 Å². The molecule has 0 aliphatic heterocycles. The summed E-state index contributed by atoms with van der Waals surface area (Å²) in [6, 6.07) is 2.81. The molecule has 68 valence electrons. The summed E-state index contributed by atoms with van der Waals surface area (Å²) in [5.74, 6) is -2.63. The van der Waals surface area contributed by atoms with Gasteiger partial charge in [0.25, 0.3) is 0 Å². The highest BCUT2D eigenvalue weighted by atomic mass is 19.1. The number of aliphatic carboxylic acids is 1. The summed E-state index contributed by atoms with van der Waals surface area (Å²) in [6.07, 6.45) is 1.93. The number of benzene rings is 1. The number of rotatable bonds is 2. The van der Waals surface area contributed by atoms with Gasteiger partial charge in [0.1, 0.15) is 11.6 Å². The van der Waals surface area contributed by atoms with Crippen molar-refractivity contribution in [3.63, 3.8) is 0 Å². The highest BCUT2D eigenvalue weighted by Gasteiger charge is 1.97. The van der Waals surface area contributed by atoms with Crippen LogP contribution in [0.1, 0.15) is 5.56 Å². The highest BCUT2D eigenvalue weighted by Crippen LogP contribution is 2.09. The topological polar surface area (TPSA) is 37.3 Å². The monoisotopic (exact) mass is 184 g/mol. The molecule has 0 unspecified atom stereocenters. The molecule has 1 aromatic rings. The van der Waals surface area contributed by atoms with E-state index in [2.05, 4.69) is 0 Å². The van der Waals surface area contributed by atoms with E-state index in [1.165, 1.54) is 0 Å². The zero-order chi connectivity index (χ0) is 9.84. The molecule has 1 N–H and O–H groups in total. The lowest BCUT2D eigenvalue weighted by Crippen LogP contribution is -1.87. The Hall–Kier alpha value is -1.71. The van der Waals surface area contributed by atoms with Crippen molar-refractivity contribution < 1.29 is 18.7 Å². The molecular formula is C9H6F2O2. The van der Waals surface area contributed by atoms with Crippen molar-refractivity contribution >= 4 is 12.0 Å². The molecular weight excluding hydrogens is 178 g/mol. The maximum Gasteiger partial charge on any atom is 0.328 e. The number of carbonyl (C=O) groups is 1. The Morgan fingerprint density at radius 2 is 1.77 bits per heavy atom. The van der Waals surface area contributed by atoms with Gasteiger partial charge in [0, 0.05) is 12.1 Å². The van der Waals surface area contributed by atoms with Gasteiger partial charge in [-0.3, -0.25) is 0 Å². The summed E-state index contributed by atoms with van der Waals surface area (Å²) in [5.41, 5.74) is 0.180. The Morgan fingerprint density at radius 3 is 2.23 bits per heavy atom. The zero-order valence-electron chi connectivity index (χ0n) is 6.50. The maximum atomic E-state index is 12.5. The molecule has 0 spiro atoms. The van der Waals surface area contributed by atoms with E-state index in [4.69, 9.17) is 5.11 Å². The predicted molar refractivity (Wildman–Crippen MR) is 43.0 cm³/mol. The molecule has 2 nitrogen and oxygen atoms in total. The molecule has 0 radical (unpaired) electrons. The lowest BCUT2D eigenvalue weighted by molar-refractivity contribution is -0.131. The summed E-state index contributed by atoms with van der Waals surface area (Å²) in [7, 11) is 0. The van der Waals surface area contributed by atoms with Crippen LogP contribution in [0.3, 0.4) is 0 Å². The molecule has 0 saturated carbocycles. The van der Waals surface area contributed by atoms with Crippen molar-refractivity contribution in [3.05, 3.63) is 41.5 Å². The summed E-state index contributed by atoms with van der Waals surface area (Å²) in [4.78, 5) is 10.1. The Balaban J connectivity index is 2.95. The minimum absolute atomic E-state index is 0.180. The minimum Gasteiger partial charge on any atom is -0.478 e. The Labute approximate surface area is 73.1 Å². The number of carboxylic acids is 1. The first-order chi connectivity index (χ1) is 6.08. The van der Waals surface area contributed by atoms with Crippen LogP contribution in [0.25, 0.3) is 6.08 Å². The maximum absolute atomic E-state index is 12.5. The van der Waals surface area contributed by atoms with E-state index in [0.717, 1.165) is 30.4 Å². The van der Waals surface area contributed by atoms with Crippen LogP contribution in [0.5, 0.6) is 0 Å². The Bertz CT molecular complexity index is 338. The first-order valence-electron chi connectivity index (χ1n) is 3.45. The SMILES string of the molecule is O=C(O)/C=C\c1cc(F)cc(F)c1. The van der Waals surface area contributed by atoms with E-state index in [1.807, 2.05) is 0 Å². The molecule has 0 aliphatic carbocycles. The van der Waals surface area contributed by atoms with Crippen molar-refractivity contribution in [1.29, 1.82) is 0 Å². The van der Waals surface area contributed by atoms with Gasteiger partial charge in [0.05, 0.1) is 0 Å². The molecule has 0 aromatic heterocycles. The second-order valence-electron chi connectivity index (χ2n) is 2.37. The molecule has 0 atom stereocenters. The zero-order valence-corrected chi connectivity index (χ0v) is 6.50. The Morgan fingerprint density at radius 1 is 1.23 bits per heavy atom. The summed E-state index contributed by atoms with van der Waals surface area (Å²) in [6.45, 7) is 0. The molecule has 0 saturated heterocycles.